The summed E-state index contributed by atoms with van der Waals surface area (Å²) in [5, 5.41) is 2.05. The molecule has 1 N–H and O–H groups in total. The van der Waals surface area contributed by atoms with Crippen molar-refractivity contribution in [3.05, 3.63) is 29.6 Å². The van der Waals surface area contributed by atoms with Crippen LogP contribution in [0.25, 0.3) is 0 Å². The van der Waals surface area contributed by atoms with E-state index in [9.17, 15) is 22.8 Å². The molecule has 20 heavy (non-hydrogen) atoms. The van der Waals surface area contributed by atoms with Gasteiger partial charge in [-0.3, -0.25) is 9.59 Å². The third kappa shape index (κ3) is 3.24. The van der Waals surface area contributed by atoms with E-state index in [1.165, 1.54) is 16.7 Å². The van der Waals surface area contributed by atoms with Crippen molar-refractivity contribution in [1.82, 2.24) is 4.90 Å². The minimum Gasteiger partial charge on any atom is -0.332 e. The molecule has 1 heterocycles. The molecule has 1 aromatic rings. The van der Waals surface area contributed by atoms with E-state index in [4.69, 9.17) is 0 Å². The molecule has 1 fully saturated rings. The summed E-state index contributed by atoms with van der Waals surface area (Å²) >= 11 is 1.17. The Morgan fingerprint density at radius 2 is 2.05 bits per heavy atom. The van der Waals surface area contributed by atoms with Gasteiger partial charge in [0.1, 0.15) is 0 Å². The SMILES string of the molecule is O=C(CCN1CCSC1=O)Nc1ccc(F)c(F)c1F. The van der Waals surface area contributed by atoms with Crippen molar-refractivity contribution >= 4 is 28.6 Å². The quantitative estimate of drug-likeness (QED) is 0.870. The Kier molecular flexibility index (Phi) is 4.53. The van der Waals surface area contributed by atoms with Crippen LogP contribution >= 0.6 is 11.8 Å². The first-order valence-corrected chi connectivity index (χ1v) is 6.82. The van der Waals surface area contributed by atoms with Crippen molar-refractivity contribution in [2.45, 2.75) is 6.42 Å². The van der Waals surface area contributed by atoms with Gasteiger partial charge in [-0.1, -0.05) is 11.8 Å². The third-order valence-electron chi connectivity index (χ3n) is 2.76. The zero-order chi connectivity index (χ0) is 14.7. The summed E-state index contributed by atoms with van der Waals surface area (Å²) in [5.74, 6) is -4.28. The number of hydrogen-bond acceptors (Lipinski definition) is 3. The minimum atomic E-state index is -1.63. The van der Waals surface area contributed by atoms with Crippen LogP contribution in [0.2, 0.25) is 0 Å². The molecule has 0 unspecified atom stereocenters. The highest BCUT2D eigenvalue weighted by Gasteiger charge is 2.22. The van der Waals surface area contributed by atoms with E-state index in [1.54, 1.807) is 0 Å². The second-order valence-electron chi connectivity index (χ2n) is 4.12. The molecule has 2 amide bonds. The van der Waals surface area contributed by atoms with Crippen molar-refractivity contribution in [3.8, 4) is 0 Å². The van der Waals surface area contributed by atoms with Gasteiger partial charge in [-0.2, -0.15) is 0 Å². The number of thioether (sulfide) groups is 1. The molecule has 8 heteroatoms. The summed E-state index contributed by atoms with van der Waals surface area (Å²) in [7, 11) is 0. The van der Waals surface area contributed by atoms with Crippen molar-refractivity contribution in [2.24, 2.45) is 0 Å². The van der Waals surface area contributed by atoms with Gasteiger partial charge in [0, 0.05) is 25.3 Å². The van der Waals surface area contributed by atoms with E-state index >= 15 is 0 Å². The summed E-state index contributed by atoms with van der Waals surface area (Å²) < 4.78 is 39.0. The lowest BCUT2D eigenvalue weighted by Gasteiger charge is -2.14. The van der Waals surface area contributed by atoms with Crippen LogP contribution in [0.1, 0.15) is 6.42 Å². The number of carbonyl (C=O) groups excluding carboxylic acids is 2. The Balaban J connectivity index is 1.91. The van der Waals surface area contributed by atoms with Gasteiger partial charge in [-0.15, -0.1) is 0 Å². The van der Waals surface area contributed by atoms with Gasteiger partial charge in [0.15, 0.2) is 17.5 Å². The maximum atomic E-state index is 13.3. The number of halogens is 3. The molecule has 108 valence electrons. The number of amides is 2. The summed E-state index contributed by atoms with van der Waals surface area (Å²) in [6.07, 6.45) is -0.0370. The topological polar surface area (TPSA) is 49.4 Å². The van der Waals surface area contributed by atoms with Crippen molar-refractivity contribution in [3.63, 3.8) is 0 Å². The summed E-state index contributed by atoms with van der Waals surface area (Å²) in [6, 6.07) is 1.68. The molecule has 1 aliphatic heterocycles. The van der Waals surface area contributed by atoms with E-state index in [-0.39, 0.29) is 18.2 Å². The fourth-order valence-corrected chi connectivity index (χ4v) is 2.55. The van der Waals surface area contributed by atoms with Crippen LogP contribution in [0, 0.1) is 17.5 Å². The molecule has 4 nitrogen and oxygen atoms in total. The molecule has 0 atom stereocenters. The number of nitrogens with one attached hydrogen (secondary N) is 1. The normalized spacial score (nSPS) is 14.8. The molecular weight excluding hydrogens is 293 g/mol. The number of nitrogens with zero attached hydrogens (tertiary/aromatic N) is 1. The van der Waals surface area contributed by atoms with Gasteiger partial charge < -0.3 is 10.2 Å². The summed E-state index contributed by atoms with van der Waals surface area (Å²) in [5.41, 5.74) is -0.420. The zero-order valence-electron chi connectivity index (χ0n) is 10.3. The lowest BCUT2D eigenvalue weighted by molar-refractivity contribution is -0.116. The maximum Gasteiger partial charge on any atom is 0.281 e. The molecule has 1 saturated heterocycles. The lowest BCUT2D eigenvalue weighted by atomic mass is 10.2. The first-order valence-electron chi connectivity index (χ1n) is 5.84. The van der Waals surface area contributed by atoms with Crippen molar-refractivity contribution in [1.29, 1.82) is 0 Å². The number of carbonyl (C=O) groups is 2. The van der Waals surface area contributed by atoms with Gasteiger partial charge in [-0.05, 0) is 12.1 Å². The second-order valence-corrected chi connectivity index (χ2v) is 5.17. The molecule has 0 aromatic heterocycles. The van der Waals surface area contributed by atoms with Gasteiger partial charge >= 0.3 is 0 Å². The monoisotopic (exact) mass is 304 g/mol. The largest absolute Gasteiger partial charge is 0.332 e. The van der Waals surface area contributed by atoms with E-state index in [2.05, 4.69) is 5.32 Å². The summed E-state index contributed by atoms with van der Waals surface area (Å²) in [4.78, 5) is 24.4. The van der Waals surface area contributed by atoms with Crippen molar-refractivity contribution in [2.75, 3.05) is 24.2 Å². The van der Waals surface area contributed by atoms with Gasteiger partial charge in [-0.25, -0.2) is 13.2 Å². The highest BCUT2D eigenvalue weighted by Crippen LogP contribution is 2.20. The fraction of sp³-hybridized carbons (Fsp3) is 0.333. The average molecular weight is 304 g/mol. The molecule has 0 aliphatic carbocycles. The van der Waals surface area contributed by atoms with Crippen LogP contribution in [0.15, 0.2) is 12.1 Å². The van der Waals surface area contributed by atoms with Gasteiger partial charge in [0.25, 0.3) is 5.24 Å². The Hall–Kier alpha value is -1.70. The molecule has 0 spiro atoms. The van der Waals surface area contributed by atoms with Crippen LogP contribution in [0.3, 0.4) is 0 Å². The van der Waals surface area contributed by atoms with Crippen LogP contribution in [0.5, 0.6) is 0 Å². The first-order chi connectivity index (χ1) is 9.49. The van der Waals surface area contributed by atoms with E-state index in [0.717, 1.165) is 12.1 Å². The number of benzene rings is 1. The molecule has 0 bridgehead atoms. The number of anilines is 1. The van der Waals surface area contributed by atoms with Crippen LogP contribution in [-0.2, 0) is 4.79 Å². The fourth-order valence-electron chi connectivity index (χ4n) is 1.70. The molecular formula is C12H11F3N2O2S. The number of hydrogen-bond donors (Lipinski definition) is 1. The Bertz CT molecular complexity index is 554. The molecule has 1 aromatic carbocycles. The Morgan fingerprint density at radius 3 is 2.70 bits per heavy atom. The molecule has 0 radical (unpaired) electrons. The molecule has 1 aliphatic rings. The van der Waals surface area contributed by atoms with E-state index < -0.39 is 29.0 Å². The molecule has 2 rings (SSSR count). The lowest BCUT2D eigenvalue weighted by Crippen LogP contribution is -2.28. The predicted octanol–water partition coefficient (Wildman–Crippen LogP) is 2.60. The highest BCUT2D eigenvalue weighted by atomic mass is 32.2. The van der Waals surface area contributed by atoms with E-state index in [0.29, 0.717) is 12.3 Å². The zero-order valence-corrected chi connectivity index (χ0v) is 11.1. The third-order valence-corrected chi connectivity index (χ3v) is 3.65. The Labute approximate surface area is 117 Å². The van der Waals surface area contributed by atoms with Gasteiger partial charge in [0.05, 0.1) is 5.69 Å². The van der Waals surface area contributed by atoms with E-state index in [1.807, 2.05) is 0 Å². The predicted molar refractivity (Wildman–Crippen MR) is 69.0 cm³/mol. The second kappa shape index (κ2) is 6.17. The molecule has 0 saturated carbocycles. The van der Waals surface area contributed by atoms with Crippen LogP contribution in [0.4, 0.5) is 23.7 Å². The number of rotatable bonds is 4. The van der Waals surface area contributed by atoms with Crippen molar-refractivity contribution < 1.29 is 22.8 Å². The van der Waals surface area contributed by atoms with Gasteiger partial charge in [0.2, 0.25) is 5.91 Å². The average Bonchev–Trinajstić information content (AvgIpc) is 2.83. The van der Waals surface area contributed by atoms with Crippen LogP contribution in [-0.4, -0.2) is 34.9 Å². The standard InChI is InChI=1S/C12H11F3N2O2S/c13-7-1-2-8(11(15)10(7)14)16-9(18)3-4-17-5-6-20-12(17)19/h1-2H,3-6H2,(H,16,18). The smallest absolute Gasteiger partial charge is 0.281 e. The van der Waals surface area contributed by atoms with Crippen LogP contribution < -0.4 is 5.32 Å². The minimum absolute atomic E-state index is 0.0370. The first kappa shape index (κ1) is 14.7. The highest BCUT2D eigenvalue weighted by molar-refractivity contribution is 8.13. The summed E-state index contributed by atoms with van der Waals surface area (Å²) in [6.45, 7) is 0.777. The maximum absolute atomic E-state index is 13.3. The Morgan fingerprint density at radius 1 is 1.30 bits per heavy atom.